The van der Waals surface area contributed by atoms with E-state index < -0.39 is 0 Å². The Bertz CT molecular complexity index is 500. The minimum Gasteiger partial charge on any atom is -0.144 e. The van der Waals surface area contributed by atoms with Gasteiger partial charge in [-0.15, -0.1) is 17.9 Å². The number of alkyl halides is 1. The van der Waals surface area contributed by atoms with Gasteiger partial charge in [0.1, 0.15) is 0 Å². The Hall–Kier alpha value is -0.600. The topological polar surface area (TPSA) is 0 Å². The molecule has 0 amide bonds. The maximum Gasteiger partial charge on any atom is 0.0345 e. The normalized spacial score (nSPS) is 14.9. The molecule has 1 atom stereocenters. The first-order valence-electron chi connectivity index (χ1n) is 5.33. The fraction of sp³-hybridized carbons (Fsp3) is 0.286. The van der Waals surface area contributed by atoms with Crippen molar-refractivity contribution in [3.05, 3.63) is 47.9 Å². The van der Waals surface area contributed by atoms with Gasteiger partial charge in [0.25, 0.3) is 0 Å². The second-order valence-electron chi connectivity index (χ2n) is 4.43. The highest BCUT2D eigenvalue weighted by atomic mass is 79.9. The molecule has 1 aromatic heterocycles. The van der Waals surface area contributed by atoms with Crippen molar-refractivity contribution in [1.82, 2.24) is 0 Å². The number of halogens is 1. The molecule has 1 unspecified atom stereocenters. The summed E-state index contributed by atoms with van der Waals surface area (Å²) in [6, 6.07) is 8.60. The van der Waals surface area contributed by atoms with Gasteiger partial charge in [0.15, 0.2) is 0 Å². The summed E-state index contributed by atoms with van der Waals surface area (Å²) in [5, 5.41) is 4.62. The number of fused-ring (bicyclic) bond motifs is 1. The van der Waals surface area contributed by atoms with Crippen LogP contribution < -0.4 is 0 Å². The van der Waals surface area contributed by atoms with E-state index in [0.717, 1.165) is 11.8 Å². The molecule has 0 nitrogen and oxygen atoms in total. The molecule has 0 saturated carbocycles. The summed E-state index contributed by atoms with van der Waals surface area (Å²) >= 11 is 5.40. The van der Waals surface area contributed by atoms with Gasteiger partial charge in [-0.05, 0) is 34.2 Å². The lowest BCUT2D eigenvalue weighted by atomic mass is 9.86. The fourth-order valence-electron chi connectivity index (χ4n) is 1.78. The smallest absolute Gasteiger partial charge is 0.0345 e. The zero-order chi connectivity index (χ0) is 11.6. The van der Waals surface area contributed by atoms with Crippen LogP contribution >= 0.6 is 27.3 Å². The molecular weight excluding hydrogens is 280 g/mol. The Labute approximate surface area is 109 Å². The van der Waals surface area contributed by atoms with Gasteiger partial charge in [-0.3, -0.25) is 0 Å². The first kappa shape index (κ1) is 11.9. The molecule has 0 radical (unpaired) electrons. The van der Waals surface area contributed by atoms with Crippen LogP contribution in [0.3, 0.4) is 0 Å². The number of hydrogen-bond acceptors (Lipinski definition) is 1. The molecule has 0 fully saturated rings. The molecule has 1 aromatic carbocycles. The van der Waals surface area contributed by atoms with E-state index in [0.29, 0.717) is 0 Å². The largest absolute Gasteiger partial charge is 0.144 e. The van der Waals surface area contributed by atoms with Gasteiger partial charge < -0.3 is 0 Å². The van der Waals surface area contributed by atoms with Crippen molar-refractivity contribution in [2.45, 2.75) is 13.3 Å². The summed E-state index contributed by atoms with van der Waals surface area (Å²) in [5.74, 6) is 0. The number of allylic oxidation sites excluding steroid dienone is 1. The highest BCUT2D eigenvalue weighted by molar-refractivity contribution is 9.09. The van der Waals surface area contributed by atoms with Crippen molar-refractivity contribution >= 4 is 37.4 Å². The molecule has 2 rings (SSSR count). The summed E-state index contributed by atoms with van der Waals surface area (Å²) in [7, 11) is 0. The fourth-order valence-corrected chi connectivity index (χ4v) is 3.17. The molecule has 0 spiro atoms. The third-order valence-corrected chi connectivity index (χ3v) is 5.25. The number of rotatable bonds is 4. The van der Waals surface area contributed by atoms with Crippen molar-refractivity contribution in [3.8, 4) is 0 Å². The molecule has 0 bridgehead atoms. The van der Waals surface area contributed by atoms with Gasteiger partial charge in [-0.25, -0.2) is 0 Å². The average molecular weight is 295 g/mol. The standard InChI is InChI=1S/C14H15BrS/c1-3-14(2,10-15)8-11-9-16-13-7-5-4-6-12(11)13/h3-7,9H,1,8,10H2,2H3. The van der Waals surface area contributed by atoms with Crippen LogP contribution in [0.4, 0.5) is 0 Å². The number of thiophene rings is 1. The highest BCUT2D eigenvalue weighted by Gasteiger charge is 2.20. The van der Waals surface area contributed by atoms with Gasteiger partial charge in [0.2, 0.25) is 0 Å². The van der Waals surface area contributed by atoms with Crippen molar-refractivity contribution in [2.75, 3.05) is 5.33 Å². The summed E-state index contributed by atoms with van der Waals surface area (Å²) in [6.07, 6.45) is 3.10. The minimum atomic E-state index is 0.143. The number of hydrogen-bond donors (Lipinski definition) is 0. The van der Waals surface area contributed by atoms with Crippen LogP contribution in [0.2, 0.25) is 0 Å². The first-order chi connectivity index (χ1) is 7.68. The Kier molecular flexibility index (Phi) is 3.50. The van der Waals surface area contributed by atoms with E-state index in [9.17, 15) is 0 Å². The predicted octanol–water partition coefficient (Wildman–Crippen LogP) is 5.03. The van der Waals surface area contributed by atoms with E-state index in [1.165, 1.54) is 15.6 Å². The maximum atomic E-state index is 3.94. The second kappa shape index (κ2) is 4.72. The summed E-state index contributed by atoms with van der Waals surface area (Å²) in [4.78, 5) is 0. The molecule has 0 N–H and O–H groups in total. The molecule has 0 saturated heterocycles. The van der Waals surface area contributed by atoms with Gasteiger partial charge in [0, 0.05) is 10.0 Å². The van der Waals surface area contributed by atoms with Crippen LogP contribution in [0, 0.1) is 5.41 Å². The molecular formula is C14H15BrS. The molecule has 2 heteroatoms. The van der Waals surface area contributed by atoms with Gasteiger partial charge in [-0.2, -0.15) is 0 Å². The van der Waals surface area contributed by atoms with Crippen molar-refractivity contribution in [2.24, 2.45) is 5.41 Å². The summed E-state index contributed by atoms with van der Waals surface area (Å²) in [6.45, 7) is 6.17. The van der Waals surface area contributed by atoms with Crippen LogP contribution in [0.15, 0.2) is 42.3 Å². The Morgan fingerprint density at radius 1 is 1.44 bits per heavy atom. The first-order valence-corrected chi connectivity index (χ1v) is 7.33. The summed E-state index contributed by atoms with van der Waals surface area (Å²) < 4.78 is 1.37. The molecule has 0 aliphatic rings. The van der Waals surface area contributed by atoms with E-state index in [2.05, 4.69) is 59.1 Å². The Morgan fingerprint density at radius 3 is 2.88 bits per heavy atom. The lowest BCUT2D eigenvalue weighted by molar-refractivity contribution is 0.496. The average Bonchev–Trinajstić information content (AvgIpc) is 2.73. The van der Waals surface area contributed by atoms with Crippen LogP contribution in [0.1, 0.15) is 12.5 Å². The molecule has 1 heterocycles. The van der Waals surface area contributed by atoms with E-state index in [1.54, 1.807) is 0 Å². The van der Waals surface area contributed by atoms with Gasteiger partial charge in [-0.1, -0.05) is 47.1 Å². The summed E-state index contributed by atoms with van der Waals surface area (Å²) in [5.41, 5.74) is 1.58. The molecule has 0 aliphatic heterocycles. The van der Waals surface area contributed by atoms with E-state index >= 15 is 0 Å². The lowest BCUT2D eigenvalue weighted by Gasteiger charge is -2.22. The Balaban J connectivity index is 2.38. The van der Waals surface area contributed by atoms with Crippen molar-refractivity contribution < 1.29 is 0 Å². The lowest BCUT2D eigenvalue weighted by Crippen LogP contribution is -2.17. The van der Waals surface area contributed by atoms with Gasteiger partial charge >= 0.3 is 0 Å². The maximum absolute atomic E-state index is 3.94. The zero-order valence-corrected chi connectivity index (χ0v) is 11.8. The predicted molar refractivity (Wildman–Crippen MR) is 77.6 cm³/mol. The van der Waals surface area contributed by atoms with Crippen LogP contribution in [-0.4, -0.2) is 5.33 Å². The van der Waals surface area contributed by atoms with Crippen LogP contribution in [-0.2, 0) is 6.42 Å². The molecule has 2 aromatic rings. The van der Waals surface area contributed by atoms with Crippen LogP contribution in [0.5, 0.6) is 0 Å². The minimum absolute atomic E-state index is 0.143. The third-order valence-electron chi connectivity index (χ3n) is 2.95. The van der Waals surface area contributed by atoms with Crippen LogP contribution in [0.25, 0.3) is 10.1 Å². The highest BCUT2D eigenvalue weighted by Crippen LogP contribution is 2.33. The Morgan fingerprint density at radius 2 is 2.19 bits per heavy atom. The monoisotopic (exact) mass is 294 g/mol. The molecule has 16 heavy (non-hydrogen) atoms. The number of benzene rings is 1. The SMILES string of the molecule is C=CC(C)(CBr)Cc1csc2ccccc12. The van der Waals surface area contributed by atoms with Crippen molar-refractivity contribution in [1.29, 1.82) is 0 Å². The zero-order valence-electron chi connectivity index (χ0n) is 9.37. The van der Waals surface area contributed by atoms with Gasteiger partial charge in [0.05, 0.1) is 0 Å². The van der Waals surface area contributed by atoms with E-state index in [4.69, 9.17) is 0 Å². The molecule has 84 valence electrons. The van der Waals surface area contributed by atoms with E-state index in [-0.39, 0.29) is 5.41 Å². The van der Waals surface area contributed by atoms with Crippen molar-refractivity contribution in [3.63, 3.8) is 0 Å². The second-order valence-corrected chi connectivity index (χ2v) is 5.90. The quantitative estimate of drug-likeness (QED) is 0.548. The van der Waals surface area contributed by atoms with E-state index in [1.807, 2.05) is 17.4 Å². The molecule has 0 aliphatic carbocycles. The third kappa shape index (κ3) is 2.23.